The number of benzene rings is 1. The highest BCUT2D eigenvalue weighted by Gasteiger charge is 2.31. The van der Waals surface area contributed by atoms with Crippen molar-refractivity contribution in [1.29, 1.82) is 0 Å². The smallest absolute Gasteiger partial charge is 0.133 e. The SMILES string of the molecule is CCN1CCCCC1c1nn(-c2ccc(Cl)cc2Cl)c2c1CCCCN2. The molecule has 26 heavy (non-hydrogen) atoms. The van der Waals surface area contributed by atoms with Crippen molar-refractivity contribution in [2.75, 3.05) is 25.0 Å². The standard InChI is InChI=1S/C20H26Cl2N4/c1-2-25-12-6-4-8-18(25)19-15-7-3-5-11-23-20(15)26(24-19)17-10-9-14(21)13-16(17)22/h9-10,13,18,23H,2-8,11-12H2,1H3. The Morgan fingerprint density at radius 1 is 1.19 bits per heavy atom. The molecule has 1 saturated heterocycles. The third kappa shape index (κ3) is 3.35. The van der Waals surface area contributed by atoms with E-state index in [1.54, 1.807) is 6.07 Å². The van der Waals surface area contributed by atoms with Crippen molar-refractivity contribution >= 4 is 29.0 Å². The van der Waals surface area contributed by atoms with E-state index in [0.29, 0.717) is 16.1 Å². The maximum Gasteiger partial charge on any atom is 0.133 e. The molecule has 0 aliphatic carbocycles. The molecule has 4 nitrogen and oxygen atoms in total. The van der Waals surface area contributed by atoms with Crippen LogP contribution in [0.4, 0.5) is 5.82 Å². The summed E-state index contributed by atoms with van der Waals surface area (Å²) in [7, 11) is 0. The van der Waals surface area contributed by atoms with Crippen molar-refractivity contribution in [2.45, 2.75) is 51.5 Å². The molecule has 6 heteroatoms. The first kappa shape index (κ1) is 18.1. The molecule has 1 fully saturated rings. The van der Waals surface area contributed by atoms with E-state index in [4.69, 9.17) is 28.3 Å². The zero-order valence-electron chi connectivity index (χ0n) is 15.3. The molecule has 0 radical (unpaired) electrons. The van der Waals surface area contributed by atoms with Crippen LogP contribution < -0.4 is 5.32 Å². The van der Waals surface area contributed by atoms with Gasteiger partial charge in [0.15, 0.2) is 0 Å². The van der Waals surface area contributed by atoms with Crippen molar-refractivity contribution < 1.29 is 0 Å². The molecule has 3 heterocycles. The van der Waals surface area contributed by atoms with Gasteiger partial charge in [-0.15, -0.1) is 0 Å². The van der Waals surface area contributed by atoms with Gasteiger partial charge in [-0.2, -0.15) is 5.10 Å². The predicted molar refractivity (Wildman–Crippen MR) is 109 cm³/mol. The van der Waals surface area contributed by atoms with Crippen molar-refractivity contribution in [3.05, 3.63) is 39.5 Å². The minimum absolute atomic E-state index is 0.412. The van der Waals surface area contributed by atoms with Crippen LogP contribution in [0.25, 0.3) is 5.69 Å². The van der Waals surface area contributed by atoms with Gasteiger partial charge in [0.25, 0.3) is 0 Å². The number of anilines is 1. The Bertz CT molecular complexity index is 786. The zero-order chi connectivity index (χ0) is 18.1. The third-order valence-corrected chi connectivity index (χ3v) is 6.17. The van der Waals surface area contributed by atoms with E-state index >= 15 is 0 Å². The van der Waals surface area contributed by atoms with Gasteiger partial charge in [-0.25, -0.2) is 4.68 Å². The lowest BCUT2D eigenvalue weighted by Gasteiger charge is -2.34. The molecule has 0 spiro atoms. The third-order valence-electron chi connectivity index (χ3n) is 5.63. The minimum atomic E-state index is 0.412. The summed E-state index contributed by atoms with van der Waals surface area (Å²) >= 11 is 12.6. The maximum atomic E-state index is 6.51. The van der Waals surface area contributed by atoms with Gasteiger partial charge >= 0.3 is 0 Å². The Hall–Kier alpha value is -1.23. The fourth-order valence-corrected chi connectivity index (χ4v) is 4.79. The van der Waals surface area contributed by atoms with E-state index in [-0.39, 0.29) is 0 Å². The number of nitrogens with zero attached hydrogens (tertiary/aromatic N) is 3. The molecule has 0 amide bonds. The zero-order valence-corrected chi connectivity index (χ0v) is 16.8. The van der Waals surface area contributed by atoms with Crippen molar-refractivity contribution in [3.8, 4) is 5.69 Å². The van der Waals surface area contributed by atoms with Crippen LogP contribution in [-0.2, 0) is 6.42 Å². The van der Waals surface area contributed by atoms with Gasteiger partial charge in [-0.1, -0.05) is 36.5 Å². The Morgan fingerprint density at radius 3 is 2.88 bits per heavy atom. The number of hydrogen-bond donors (Lipinski definition) is 1. The second kappa shape index (κ2) is 7.79. The van der Waals surface area contributed by atoms with Crippen molar-refractivity contribution in [2.24, 2.45) is 0 Å². The van der Waals surface area contributed by atoms with E-state index in [0.717, 1.165) is 37.6 Å². The molecule has 1 aromatic heterocycles. The molecule has 1 aromatic carbocycles. The topological polar surface area (TPSA) is 33.1 Å². The first-order chi connectivity index (χ1) is 12.7. The van der Waals surface area contributed by atoms with E-state index in [2.05, 4.69) is 17.1 Å². The van der Waals surface area contributed by atoms with Crippen LogP contribution in [0.2, 0.25) is 10.0 Å². The number of likely N-dealkylation sites (tertiary alicyclic amines) is 1. The molecular weight excluding hydrogens is 367 g/mol. The summed E-state index contributed by atoms with van der Waals surface area (Å²) in [6, 6.07) is 6.05. The first-order valence-corrected chi connectivity index (χ1v) is 10.5. The number of piperidine rings is 1. The van der Waals surface area contributed by atoms with Crippen LogP contribution in [0.3, 0.4) is 0 Å². The van der Waals surface area contributed by atoms with Crippen LogP contribution in [0.5, 0.6) is 0 Å². The fourth-order valence-electron chi connectivity index (χ4n) is 4.30. The van der Waals surface area contributed by atoms with Gasteiger partial charge in [-0.3, -0.25) is 4.90 Å². The normalized spacial score (nSPS) is 21.1. The molecule has 140 valence electrons. The molecule has 2 aliphatic heterocycles. The number of fused-ring (bicyclic) bond motifs is 1. The summed E-state index contributed by atoms with van der Waals surface area (Å²) in [6.07, 6.45) is 7.21. The van der Waals surface area contributed by atoms with Crippen LogP contribution >= 0.6 is 23.2 Å². The molecule has 4 rings (SSSR count). The van der Waals surface area contributed by atoms with Crippen LogP contribution in [0, 0.1) is 0 Å². The molecule has 1 atom stereocenters. The second-order valence-corrected chi connectivity index (χ2v) is 8.09. The van der Waals surface area contributed by atoms with Gasteiger partial charge in [0, 0.05) is 17.1 Å². The van der Waals surface area contributed by atoms with Crippen molar-refractivity contribution in [3.63, 3.8) is 0 Å². The number of aromatic nitrogens is 2. The second-order valence-electron chi connectivity index (χ2n) is 7.24. The molecule has 1 unspecified atom stereocenters. The van der Waals surface area contributed by atoms with E-state index in [1.165, 1.54) is 43.4 Å². The summed E-state index contributed by atoms with van der Waals surface area (Å²) < 4.78 is 2.01. The summed E-state index contributed by atoms with van der Waals surface area (Å²) in [6.45, 7) is 5.47. The molecular formula is C20H26Cl2N4. The quantitative estimate of drug-likeness (QED) is 0.750. The monoisotopic (exact) mass is 392 g/mol. The Morgan fingerprint density at radius 2 is 2.08 bits per heavy atom. The van der Waals surface area contributed by atoms with E-state index in [1.807, 2.05) is 16.8 Å². The molecule has 1 N–H and O–H groups in total. The maximum absolute atomic E-state index is 6.51. The lowest BCUT2D eigenvalue weighted by Crippen LogP contribution is -2.34. The lowest BCUT2D eigenvalue weighted by molar-refractivity contribution is 0.152. The Balaban J connectivity index is 1.83. The average Bonchev–Trinajstić information content (AvgIpc) is 2.83. The number of rotatable bonds is 3. The Kier molecular flexibility index (Phi) is 5.44. The highest BCUT2D eigenvalue weighted by molar-refractivity contribution is 6.35. The number of hydrogen-bond acceptors (Lipinski definition) is 3. The fraction of sp³-hybridized carbons (Fsp3) is 0.550. The average molecular weight is 393 g/mol. The van der Waals surface area contributed by atoms with E-state index < -0.39 is 0 Å². The predicted octanol–water partition coefficient (Wildman–Crippen LogP) is 5.47. The van der Waals surface area contributed by atoms with Gasteiger partial charge < -0.3 is 5.32 Å². The number of halogens is 2. The van der Waals surface area contributed by atoms with Crippen LogP contribution in [0.15, 0.2) is 18.2 Å². The largest absolute Gasteiger partial charge is 0.370 e. The van der Waals surface area contributed by atoms with Gasteiger partial charge in [0.1, 0.15) is 5.82 Å². The summed E-state index contributed by atoms with van der Waals surface area (Å²) in [5, 5.41) is 10.0. The number of nitrogens with one attached hydrogen (secondary N) is 1. The highest BCUT2D eigenvalue weighted by Crippen LogP contribution is 2.38. The molecule has 0 bridgehead atoms. The minimum Gasteiger partial charge on any atom is -0.370 e. The summed E-state index contributed by atoms with van der Waals surface area (Å²) in [5.41, 5.74) is 3.51. The molecule has 2 aliphatic rings. The van der Waals surface area contributed by atoms with Crippen LogP contribution in [-0.4, -0.2) is 34.3 Å². The molecule has 2 aromatic rings. The van der Waals surface area contributed by atoms with Gasteiger partial charge in [0.2, 0.25) is 0 Å². The van der Waals surface area contributed by atoms with Crippen molar-refractivity contribution in [1.82, 2.24) is 14.7 Å². The summed E-state index contributed by atoms with van der Waals surface area (Å²) in [5.74, 6) is 1.11. The van der Waals surface area contributed by atoms with E-state index in [9.17, 15) is 0 Å². The highest BCUT2D eigenvalue weighted by atomic mass is 35.5. The van der Waals surface area contributed by atoms with Crippen LogP contribution in [0.1, 0.15) is 56.3 Å². The first-order valence-electron chi connectivity index (χ1n) is 9.74. The van der Waals surface area contributed by atoms with Gasteiger partial charge in [-0.05, 0) is 63.4 Å². The Labute approximate surface area is 165 Å². The molecule has 0 saturated carbocycles. The summed E-state index contributed by atoms with van der Waals surface area (Å²) in [4.78, 5) is 2.57. The lowest BCUT2D eigenvalue weighted by atomic mass is 9.95. The van der Waals surface area contributed by atoms with Gasteiger partial charge in [0.05, 0.1) is 22.4 Å².